The summed E-state index contributed by atoms with van der Waals surface area (Å²) in [7, 11) is 0. The molecule has 0 saturated carbocycles. The second-order valence-electron chi connectivity index (χ2n) is 4.09. The molecule has 1 heterocycles. The number of nitrogens with two attached hydrogens (primary N) is 1. The molecule has 0 aliphatic rings. The number of hydrogen-bond donors (Lipinski definition) is 2. The molecule has 0 aliphatic heterocycles. The fourth-order valence-corrected chi connectivity index (χ4v) is 1.64. The Morgan fingerprint density at radius 3 is 2.65 bits per heavy atom. The highest BCUT2D eigenvalue weighted by Gasteiger charge is 2.10. The van der Waals surface area contributed by atoms with Crippen LogP contribution in [0.4, 0.5) is 11.5 Å². The molecular weight excluding hydrogens is 262 g/mol. The second-order valence-corrected chi connectivity index (χ2v) is 4.09. The van der Waals surface area contributed by atoms with E-state index in [4.69, 9.17) is 10.6 Å². The van der Waals surface area contributed by atoms with Gasteiger partial charge in [0, 0.05) is 18.2 Å². The zero-order valence-electron chi connectivity index (χ0n) is 11.0. The van der Waals surface area contributed by atoms with Crippen molar-refractivity contribution in [3.8, 4) is 11.6 Å². The molecule has 3 N–H and O–H groups in total. The Labute approximate surface area is 114 Å². The molecule has 8 heteroatoms. The molecule has 0 saturated heterocycles. The minimum absolute atomic E-state index is 0.0121. The Bertz CT molecular complexity index is 660. The van der Waals surface area contributed by atoms with E-state index in [1.165, 1.54) is 24.3 Å². The lowest BCUT2D eigenvalue weighted by molar-refractivity contribution is -0.384. The summed E-state index contributed by atoms with van der Waals surface area (Å²) in [5.74, 6) is 7.00. The van der Waals surface area contributed by atoms with Gasteiger partial charge in [0.2, 0.25) is 5.88 Å². The highest BCUT2D eigenvalue weighted by molar-refractivity contribution is 5.45. The number of benzene rings is 1. The van der Waals surface area contributed by atoms with E-state index in [-0.39, 0.29) is 5.69 Å². The van der Waals surface area contributed by atoms with Crippen molar-refractivity contribution in [2.24, 2.45) is 5.84 Å². The maximum Gasteiger partial charge on any atom is 0.269 e. The fraction of sp³-hybridized carbons (Fsp3) is 0.167. The third kappa shape index (κ3) is 2.98. The highest BCUT2D eigenvalue weighted by atomic mass is 16.6. The summed E-state index contributed by atoms with van der Waals surface area (Å²) in [4.78, 5) is 18.4. The van der Waals surface area contributed by atoms with Crippen molar-refractivity contribution in [3.63, 3.8) is 0 Å². The first-order chi connectivity index (χ1) is 9.49. The van der Waals surface area contributed by atoms with Crippen molar-refractivity contribution in [2.45, 2.75) is 13.8 Å². The first-order valence-electron chi connectivity index (χ1n) is 5.75. The normalized spacial score (nSPS) is 10.2. The van der Waals surface area contributed by atoms with Crippen LogP contribution < -0.4 is 16.0 Å². The second kappa shape index (κ2) is 5.49. The van der Waals surface area contributed by atoms with Crippen LogP contribution >= 0.6 is 0 Å². The number of aromatic nitrogens is 2. The van der Waals surface area contributed by atoms with Crippen LogP contribution in [0.15, 0.2) is 24.3 Å². The molecule has 20 heavy (non-hydrogen) atoms. The van der Waals surface area contributed by atoms with Gasteiger partial charge in [0.25, 0.3) is 5.69 Å². The van der Waals surface area contributed by atoms with Crippen molar-refractivity contribution < 1.29 is 9.66 Å². The van der Waals surface area contributed by atoms with Gasteiger partial charge in [-0.25, -0.2) is 10.8 Å². The quantitative estimate of drug-likeness (QED) is 0.498. The van der Waals surface area contributed by atoms with Gasteiger partial charge in [-0.3, -0.25) is 10.1 Å². The molecule has 0 fully saturated rings. The van der Waals surface area contributed by atoms with Crippen molar-refractivity contribution in [1.82, 2.24) is 9.97 Å². The van der Waals surface area contributed by atoms with Gasteiger partial charge in [0.1, 0.15) is 17.4 Å². The average Bonchev–Trinajstić information content (AvgIpc) is 2.40. The lowest BCUT2D eigenvalue weighted by atomic mass is 10.2. The molecule has 2 aromatic rings. The van der Waals surface area contributed by atoms with Crippen LogP contribution in [0.1, 0.15) is 11.4 Å². The van der Waals surface area contributed by atoms with Gasteiger partial charge in [-0.2, -0.15) is 4.98 Å². The first kappa shape index (κ1) is 13.7. The van der Waals surface area contributed by atoms with Crippen molar-refractivity contribution in [3.05, 3.63) is 45.8 Å². The highest BCUT2D eigenvalue weighted by Crippen LogP contribution is 2.27. The number of hydrazine groups is 1. The number of nitrogens with zero attached hydrogens (tertiary/aromatic N) is 3. The number of non-ortho nitro benzene ring substituents is 1. The summed E-state index contributed by atoms with van der Waals surface area (Å²) in [5.41, 5.74) is 3.06. The van der Waals surface area contributed by atoms with E-state index in [2.05, 4.69) is 15.4 Å². The molecule has 0 unspecified atom stereocenters. The van der Waals surface area contributed by atoms with E-state index in [0.717, 1.165) is 0 Å². The predicted octanol–water partition coefficient (Wildman–Crippen LogP) is 2.08. The number of rotatable bonds is 4. The molecule has 2 rings (SSSR count). The zero-order chi connectivity index (χ0) is 14.7. The van der Waals surface area contributed by atoms with Gasteiger partial charge < -0.3 is 10.2 Å². The van der Waals surface area contributed by atoms with E-state index in [0.29, 0.717) is 28.8 Å². The summed E-state index contributed by atoms with van der Waals surface area (Å²) in [6.45, 7) is 3.43. The van der Waals surface area contributed by atoms with E-state index in [1.807, 2.05) is 0 Å². The molecule has 1 aromatic heterocycles. The van der Waals surface area contributed by atoms with Gasteiger partial charge in [0.05, 0.1) is 4.92 Å². The third-order valence-corrected chi connectivity index (χ3v) is 2.55. The van der Waals surface area contributed by atoms with E-state index in [9.17, 15) is 10.1 Å². The largest absolute Gasteiger partial charge is 0.439 e. The number of nitro benzene ring substituents is 1. The van der Waals surface area contributed by atoms with Gasteiger partial charge in [-0.15, -0.1) is 0 Å². The van der Waals surface area contributed by atoms with Crippen molar-refractivity contribution in [2.75, 3.05) is 5.43 Å². The van der Waals surface area contributed by atoms with Gasteiger partial charge >= 0.3 is 0 Å². The number of aryl methyl sites for hydroxylation is 2. The predicted molar refractivity (Wildman–Crippen MR) is 72.5 cm³/mol. The topological polar surface area (TPSA) is 116 Å². The van der Waals surface area contributed by atoms with Crippen molar-refractivity contribution >= 4 is 11.5 Å². The molecule has 1 aromatic carbocycles. The van der Waals surface area contributed by atoms with Crippen LogP contribution in [-0.2, 0) is 0 Å². The maximum absolute atomic E-state index is 10.7. The fourth-order valence-electron chi connectivity index (χ4n) is 1.64. The van der Waals surface area contributed by atoms with Crippen LogP contribution in [0.5, 0.6) is 11.6 Å². The SMILES string of the molecule is Cc1nc(NN)cc(Oc2ccc([N+](=O)[O-])cc2C)n1. The smallest absolute Gasteiger partial charge is 0.269 e. The standard InChI is InChI=1S/C12H13N5O3/c1-7-5-9(17(18)19)3-4-10(7)20-12-6-11(16-13)14-8(2)15-12/h3-6H,13H2,1-2H3,(H,14,15,16). The van der Waals surface area contributed by atoms with Crippen LogP contribution in [0.3, 0.4) is 0 Å². The number of ether oxygens (including phenoxy) is 1. The molecule has 0 spiro atoms. The van der Waals surface area contributed by atoms with Crippen LogP contribution in [-0.4, -0.2) is 14.9 Å². The number of hydrogen-bond acceptors (Lipinski definition) is 7. The van der Waals surface area contributed by atoms with Crippen LogP contribution in [0.2, 0.25) is 0 Å². The maximum atomic E-state index is 10.7. The summed E-state index contributed by atoms with van der Waals surface area (Å²) in [6.07, 6.45) is 0. The number of nitrogens with one attached hydrogen (secondary N) is 1. The molecule has 0 atom stereocenters. The summed E-state index contributed by atoms with van der Waals surface area (Å²) in [6, 6.07) is 5.87. The molecule has 104 valence electrons. The Hall–Kier alpha value is -2.74. The monoisotopic (exact) mass is 275 g/mol. The molecule has 0 bridgehead atoms. The van der Waals surface area contributed by atoms with Crippen molar-refractivity contribution in [1.29, 1.82) is 0 Å². The minimum atomic E-state index is -0.456. The van der Waals surface area contributed by atoms with Gasteiger partial charge in [-0.05, 0) is 25.5 Å². The molecular formula is C12H13N5O3. The zero-order valence-corrected chi connectivity index (χ0v) is 11.0. The lowest BCUT2D eigenvalue weighted by Crippen LogP contribution is -2.09. The van der Waals surface area contributed by atoms with Crippen LogP contribution in [0.25, 0.3) is 0 Å². The van der Waals surface area contributed by atoms with E-state index in [1.54, 1.807) is 13.8 Å². The Morgan fingerprint density at radius 2 is 2.05 bits per heavy atom. The summed E-state index contributed by atoms with van der Waals surface area (Å²) in [5, 5.41) is 10.7. The average molecular weight is 275 g/mol. The minimum Gasteiger partial charge on any atom is -0.439 e. The first-order valence-corrected chi connectivity index (χ1v) is 5.75. The molecule has 8 nitrogen and oxygen atoms in total. The Kier molecular flexibility index (Phi) is 3.76. The number of nitro groups is 1. The summed E-state index contributed by atoms with van der Waals surface area (Å²) >= 11 is 0. The lowest BCUT2D eigenvalue weighted by Gasteiger charge is -2.09. The Morgan fingerprint density at radius 1 is 1.30 bits per heavy atom. The molecule has 0 aliphatic carbocycles. The molecule has 0 radical (unpaired) electrons. The van der Waals surface area contributed by atoms with Crippen LogP contribution in [0, 0.1) is 24.0 Å². The van der Waals surface area contributed by atoms with Gasteiger partial charge in [-0.1, -0.05) is 0 Å². The summed E-state index contributed by atoms with van der Waals surface area (Å²) < 4.78 is 5.60. The third-order valence-electron chi connectivity index (χ3n) is 2.55. The van der Waals surface area contributed by atoms with E-state index < -0.39 is 4.92 Å². The van der Waals surface area contributed by atoms with Gasteiger partial charge in [0.15, 0.2) is 0 Å². The number of anilines is 1. The van der Waals surface area contributed by atoms with E-state index >= 15 is 0 Å². The Balaban J connectivity index is 2.30. The number of nitrogen functional groups attached to an aromatic ring is 1. The molecule has 0 amide bonds.